The van der Waals surface area contributed by atoms with Crippen molar-refractivity contribution >= 4 is 21.4 Å². The first-order chi connectivity index (χ1) is 9.89. The highest BCUT2D eigenvalue weighted by Gasteiger charge is 2.26. The fourth-order valence-corrected chi connectivity index (χ4v) is 3.83. The Morgan fingerprint density at radius 2 is 1.90 bits per heavy atom. The fraction of sp³-hybridized carbons (Fsp3) is 0.333. The van der Waals surface area contributed by atoms with E-state index < -0.39 is 15.6 Å². The minimum atomic E-state index is -3.41. The number of benzene rings is 1. The molecule has 0 aliphatic rings. The summed E-state index contributed by atoms with van der Waals surface area (Å²) in [5.74, 6) is 0.0114. The Balaban J connectivity index is 1.89. The fourth-order valence-electron chi connectivity index (χ4n) is 1.89. The molecule has 1 aromatic heterocycles. The quantitative estimate of drug-likeness (QED) is 0.819. The number of thiophene rings is 1. The van der Waals surface area contributed by atoms with Gasteiger partial charge in [0.1, 0.15) is 5.60 Å². The molecule has 1 heterocycles. The molecule has 21 heavy (non-hydrogen) atoms. The van der Waals surface area contributed by atoms with Gasteiger partial charge in [-0.25, -0.2) is 13.1 Å². The van der Waals surface area contributed by atoms with Gasteiger partial charge in [-0.05, 0) is 30.4 Å². The molecule has 2 rings (SSSR count). The molecule has 0 saturated heterocycles. The molecule has 0 unspecified atom stereocenters. The number of aliphatic hydroxyl groups is 1. The lowest BCUT2D eigenvalue weighted by molar-refractivity contribution is 0.0666. The van der Waals surface area contributed by atoms with E-state index in [2.05, 4.69) is 4.72 Å². The van der Waals surface area contributed by atoms with E-state index in [1.165, 1.54) is 11.3 Å². The first kappa shape index (κ1) is 16.2. The third-order valence-electron chi connectivity index (χ3n) is 3.19. The molecule has 0 bridgehead atoms. The van der Waals surface area contributed by atoms with Gasteiger partial charge in [-0.1, -0.05) is 36.4 Å². The molecule has 0 aliphatic carbocycles. The minimum Gasteiger partial charge on any atom is -0.383 e. The van der Waals surface area contributed by atoms with Crippen LogP contribution in [0.5, 0.6) is 0 Å². The summed E-state index contributed by atoms with van der Waals surface area (Å²) in [4.78, 5) is 0.744. The van der Waals surface area contributed by atoms with Crippen LogP contribution >= 0.6 is 11.3 Å². The van der Waals surface area contributed by atoms with Gasteiger partial charge < -0.3 is 5.11 Å². The van der Waals surface area contributed by atoms with E-state index in [-0.39, 0.29) is 12.3 Å². The van der Waals surface area contributed by atoms with Gasteiger partial charge in [-0.3, -0.25) is 0 Å². The van der Waals surface area contributed by atoms with Crippen LogP contribution in [0.15, 0.2) is 47.8 Å². The largest absolute Gasteiger partial charge is 0.383 e. The third-order valence-corrected chi connectivity index (χ3v) is 5.64. The molecule has 0 spiro atoms. The summed E-state index contributed by atoms with van der Waals surface area (Å²) in [6, 6.07) is 13.1. The third kappa shape index (κ3) is 4.93. The highest BCUT2D eigenvalue weighted by Crippen LogP contribution is 2.24. The van der Waals surface area contributed by atoms with E-state index in [0.29, 0.717) is 6.42 Å². The molecule has 0 fully saturated rings. The average molecular weight is 325 g/mol. The molecule has 6 heteroatoms. The summed E-state index contributed by atoms with van der Waals surface area (Å²) >= 11 is 1.41. The van der Waals surface area contributed by atoms with Crippen molar-refractivity contribution in [2.24, 2.45) is 0 Å². The maximum Gasteiger partial charge on any atom is 0.212 e. The number of nitrogens with one attached hydrogen (secondary N) is 1. The SMILES string of the molecule is C[C@@](O)(CNS(=O)(=O)CCc1ccccc1)c1cccs1. The van der Waals surface area contributed by atoms with Crippen LogP contribution in [0.4, 0.5) is 0 Å². The second kappa shape index (κ2) is 6.70. The average Bonchev–Trinajstić information content (AvgIpc) is 3.00. The molecule has 1 aromatic carbocycles. The predicted octanol–water partition coefficient (Wildman–Crippen LogP) is 2.12. The maximum absolute atomic E-state index is 12.0. The van der Waals surface area contributed by atoms with Gasteiger partial charge in [-0.15, -0.1) is 11.3 Å². The highest BCUT2D eigenvalue weighted by atomic mass is 32.2. The molecule has 0 aliphatic heterocycles. The highest BCUT2D eigenvalue weighted by molar-refractivity contribution is 7.89. The van der Waals surface area contributed by atoms with Gasteiger partial charge in [0.2, 0.25) is 10.0 Å². The predicted molar refractivity (Wildman–Crippen MR) is 85.8 cm³/mol. The van der Waals surface area contributed by atoms with Crippen molar-refractivity contribution in [2.45, 2.75) is 18.9 Å². The first-order valence-electron chi connectivity index (χ1n) is 6.67. The van der Waals surface area contributed by atoms with E-state index >= 15 is 0 Å². The van der Waals surface area contributed by atoms with Gasteiger partial charge in [0.25, 0.3) is 0 Å². The van der Waals surface area contributed by atoms with Crippen molar-refractivity contribution in [1.82, 2.24) is 4.72 Å². The number of hydrogen-bond acceptors (Lipinski definition) is 4. The Morgan fingerprint density at radius 3 is 2.52 bits per heavy atom. The Kier molecular flexibility index (Phi) is 5.16. The Hall–Kier alpha value is -1.21. The van der Waals surface area contributed by atoms with Crippen molar-refractivity contribution in [3.63, 3.8) is 0 Å². The molecule has 114 valence electrons. The lowest BCUT2D eigenvalue weighted by Crippen LogP contribution is -2.39. The summed E-state index contributed by atoms with van der Waals surface area (Å²) in [5.41, 5.74) is -0.207. The zero-order valence-corrected chi connectivity index (χ0v) is 13.5. The van der Waals surface area contributed by atoms with Gasteiger partial charge >= 0.3 is 0 Å². The lowest BCUT2D eigenvalue weighted by Gasteiger charge is -2.22. The number of rotatable bonds is 7. The summed E-state index contributed by atoms with van der Waals surface area (Å²) in [6.45, 7) is 1.59. The Bertz CT molecular complexity index is 649. The van der Waals surface area contributed by atoms with Crippen molar-refractivity contribution in [3.05, 3.63) is 58.3 Å². The van der Waals surface area contributed by atoms with Gasteiger partial charge in [0.15, 0.2) is 0 Å². The summed E-state index contributed by atoms with van der Waals surface area (Å²) in [5, 5.41) is 12.2. The van der Waals surface area contributed by atoms with E-state index in [1.807, 2.05) is 41.8 Å². The molecule has 2 N–H and O–H groups in total. The smallest absolute Gasteiger partial charge is 0.212 e. The number of aryl methyl sites for hydroxylation is 1. The maximum atomic E-state index is 12.0. The first-order valence-corrected chi connectivity index (χ1v) is 9.20. The Morgan fingerprint density at radius 1 is 1.19 bits per heavy atom. The van der Waals surface area contributed by atoms with E-state index in [9.17, 15) is 13.5 Å². The van der Waals surface area contributed by atoms with Crippen molar-refractivity contribution in [1.29, 1.82) is 0 Å². The normalized spacial score (nSPS) is 14.8. The zero-order valence-electron chi connectivity index (χ0n) is 11.8. The van der Waals surface area contributed by atoms with Crippen LogP contribution in [-0.4, -0.2) is 25.8 Å². The second-order valence-corrected chi connectivity index (χ2v) is 8.00. The standard InChI is InChI=1S/C15H19NO3S2/c1-15(17,14-8-5-10-20-14)12-16-21(18,19)11-9-13-6-3-2-4-7-13/h2-8,10,16-17H,9,11-12H2,1H3/t15-/m1/s1. The number of hydrogen-bond donors (Lipinski definition) is 2. The molecule has 2 aromatic rings. The van der Waals surface area contributed by atoms with Crippen molar-refractivity contribution < 1.29 is 13.5 Å². The molecular formula is C15H19NO3S2. The van der Waals surface area contributed by atoms with Crippen LogP contribution in [0.25, 0.3) is 0 Å². The van der Waals surface area contributed by atoms with Crippen LogP contribution in [0, 0.1) is 0 Å². The van der Waals surface area contributed by atoms with Crippen LogP contribution in [-0.2, 0) is 22.0 Å². The van der Waals surface area contributed by atoms with Crippen molar-refractivity contribution in [2.75, 3.05) is 12.3 Å². The Labute approximate surface area is 129 Å². The van der Waals surface area contributed by atoms with Crippen LogP contribution in [0.3, 0.4) is 0 Å². The van der Waals surface area contributed by atoms with Gasteiger partial charge in [0, 0.05) is 11.4 Å². The molecule has 4 nitrogen and oxygen atoms in total. The molecule has 0 amide bonds. The van der Waals surface area contributed by atoms with Crippen LogP contribution in [0.1, 0.15) is 17.4 Å². The van der Waals surface area contributed by atoms with Gasteiger partial charge in [-0.2, -0.15) is 0 Å². The summed E-state index contributed by atoms with van der Waals surface area (Å²) in [6.07, 6.45) is 0.456. The monoisotopic (exact) mass is 325 g/mol. The minimum absolute atomic E-state index is 0.0114. The van der Waals surface area contributed by atoms with Gasteiger partial charge in [0.05, 0.1) is 5.75 Å². The van der Waals surface area contributed by atoms with E-state index in [1.54, 1.807) is 13.0 Å². The number of sulfonamides is 1. The second-order valence-electron chi connectivity index (χ2n) is 5.13. The van der Waals surface area contributed by atoms with Crippen LogP contribution < -0.4 is 4.72 Å². The van der Waals surface area contributed by atoms with E-state index in [4.69, 9.17) is 0 Å². The molecule has 1 atom stereocenters. The summed E-state index contributed by atoms with van der Waals surface area (Å²) < 4.78 is 26.5. The molecular weight excluding hydrogens is 306 g/mol. The lowest BCUT2D eigenvalue weighted by atomic mass is 10.1. The van der Waals surface area contributed by atoms with Crippen molar-refractivity contribution in [3.8, 4) is 0 Å². The molecule has 0 radical (unpaired) electrons. The summed E-state index contributed by atoms with van der Waals surface area (Å²) in [7, 11) is -3.41. The van der Waals surface area contributed by atoms with Crippen LogP contribution in [0.2, 0.25) is 0 Å². The topological polar surface area (TPSA) is 66.4 Å². The molecule has 0 saturated carbocycles. The van der Waals surface area contributed by atoms with E-state index in [0.717, 1.165) is 10.4 Å². The zero-order chi connectivity index (χ0) is 15.3.